The third kappa shape index (κ3) is 3.32. The van der Waals surface area contributed by atoms with Crippen LogP contribution < -0.4 is 15.6 Å². The predicted molar refractivity (Wildman–Crippen MR) is 89.8 cm³/mol. The van der Waals surface area contributed by atoms with Crippen molar-refractivity contribution < 1.29 is 4.74 Å². The van der Waals surface area contributed by atoms with Crippen LogP contribution >= 0.6 is 11.6 Å². The minimum Gasteiger partial charge on any atom is -0.481 e. The Morgan fingerprint density at radius 3 is 2.74 bits per heavy atom. The smallest absolute Gasteiger partial charge is 0.294 e. The van der Waals surface area contributed by atoms with Gasteiger partial charge in [-0.2, -0.15) is 0 Å². The van der Waals surface area contributed by atoms with Gasteiger partial charge in [0.25, 0.3) is 5.56 Å². The van der Waals surface area contributed by atoms with Gasteiger partial charge in [-0.15, -0.1) is 0 Å². The highest BCUT2D eigenvalue weighted by Crippen LogP contribution is 2.39. The standard InChI is InChI=1S/C16H19ClN4O2/c1-9-12(6-7-14(18-9)23-3)19-15-16(22)21(8-13(17)20-15)10(2)11-4-5-11/h6-8,10-11H,4-5H2,1-3H3,(H,19,20)/t10-/m1/s1. The Bertz CT molecular complexity index is 786. The van der Waals surface area contributed by atoms with E-state index in [1.165, 1.54) is 0 Å². The Morgan fingerprint density at radius 2 is 2.13 bits per heavy atom. The molecule has 122 valence electrons. The zero-order valence-electron chi connectivity index (χ0n) is 13.3. The van der Waals surface area contributed by atoms with E-state index >= 15 is 0 Å². The Hall–Kier alpha value is -2.08. The number of anilines is 2. The fourth-order valence-electron chi connectivity index (χ4n) is 2.58. The molecule has 1 aliphatic rings. The van der Waals surface area contributed by atoms with Gasteiger partial charge < -0.3 is 14.6 Å². The monoisotopic (exact) mass is 334 g/mol. The van der Waals surface area contributed by atoms with Crippen LogP contribution in [0.1, 0.15) is 31.5 Å². The van der Waals surface area contributed by atoms with Gasteiger partial charge in [0.1, 0.15) is 5.15 Å². The number of hydrogen-bond acceptors (Lipinski definition) is 5. The molecule has 0 radical (unpaired) electrons. The van der Waals surface area contributed by atoms with Crippen molar-refractivity contribution in [3.05, 3.63) is 39.5 Å². The molecule has 0 saturated heterocycles. The topological polar surface area (TPSA) is 69.0 Å². The van der Waals surface area contributed by atoms with E-state index in [1.54, 1.807) is 30.0 Å². The Morgan fingerprint density at radius 1 is 1.39 bits per heavy atom. The van der Waals surface area contributed by atoms with Crippen LogP contribution in [0.5, 0.6) is 5.88 Å². The van der Waals surface area contributed by atoms with Crippen LogP contribution in [0.15, 0.2) is 23.1 Å². The molecule has 7 heteroatoms. The summed E-state index contributed by atoms with van der Waals surface area (Å²) >= 11 is 6.10. The summed E-state index contributed by atoms with van der Waals surface area (Å²) in [6.07, 6.45) is 3.91. The molecule has 0 aromatic carbocycles. The van der Waals surface area contributed by atoms with Crippen LogP contribution in [0.3, 0.4) is 0 Å². The quantitative estimate of drug-likeness (QED) is 0.908. The summed E-state index contributed by atoms with van der Waals surface area (Å²) in [6.45, 7) is 3.88. The molecule has 0 bridgehead atoms. The van der Waals surface area contributed by atoms with Gasteiger partial charge in [0.05, 0.1) is 18.5 Å². The maximum atomic E-state index is 12.7. The van der Waals surface area contributed by atoms with E-state index in [1.807, 2.05) is 13.8 Å². The van der Waals surface area contributed by atoms with Crippen molar-refractivity contribution >= 4 is 23.1 Å². The van der Waals surface area contributed by atoms with Gasteiger partial charge in [-0.1, -0.05) is 11.6 Å². The molecular formula is C16H19ClN4O2. The van der Waals surface area contributed by atoms with E-state index in [0.29, 0.717) is 28.3 Å². The van der Waals surface area contributed by atoms with Crippen LogP contribution in [0.2, 0.25) is 5.15 Å². The highest BCUT2D eigenvalue weighted by molar-refractivity contribution is 6.29. The average Bonchev–Trinajstić information content (AvgIpc) is 3.36. The molecule has 1 atom stereocenters. The summed E-state index contributed by atoms with van der Waals surface area (Å²) in [4.78, 5) is 21.1. The van der Waals surface area contributed by atoms with Gasteiger partial charge >= 0.3 is 0 Å². The zero-order chi connectivity index (χ0) is 16.6. The SMILES string of the molecule is COc1ccc(Nc2nc(Cl)cn([C@H](C)C3CC3)c2=O)c(C)n1. The highest BCUT2D eigenvalue weighted by Gasteiger charge is 2.30. The van der Waals surface area contributed by atoms with E-state index in [0.717, 1.165) is 12.8 Å². The lowest BCUT2D eigenvalue weighted by molar-refractivity contribution is 0.397. The minimum atomic E-state index is -0.177. The lowest BCUT2D eigenvalue weighted by atomic mass is 10.2. The molecule has 0 aliphatic heterocycles. The normalized spacial score (nSPS) is 15.3. The Kier molecular flexibility index (Phi) is 4.26. The number of aromatic nitrogens is 3. The molecule has 0 amide bonds. The second kappa shape index (κ2) is 6.20. The number of nitrogens with one attached hydrogen (secondary N) is 1. The van der Waals surface area contributed by atoms with Crippen molar-refractivity contribution in [1.29, 1.82) is 0 Å². The van der Waals surface area contributed by atoms with E-state index in [9.17, 15) is 4.79 Å². The van der Waals surface area contributed by atoms with Gasteiger partial charge in [-0.3, -0.25) is 4.79 Å². The molecule has 0 spiro atoms. The lowest BCUT2D eigenvalue weighted by Gasteiger charge is -2.16. The largest absolute Gasteiger partial charge is 0.481 e. The number of ether oxygens (including phenoxy) is 1. The van der Waals surface area contributed by atoms with Crippen molar-refractivity contribution in [1.82, 2.24) is 14.5 Å². The Balaban J connectivity index is 1.95. The summed E-state index contributed by atoms with van der Waals surface area (Å²) in [5, 5.41) is 3.33. The number of rotatable bonds is 5. The van der Waals surface area contributed by atoms with Crippen LogP contribution in [0.25, 0.3) is 0 Å². The van der Waals surface area contributed by atoms with Gasteiger partial charge in [0, 0.05) is 18.3 Å². The maximum Gasteiger partial charge on any atom is 0.294 e. The molecule has 2 heterocycles. The number of hydrogen-bond donors (Lipinski definition) is 1. The first-order chi connectivity index (χ1) is 11.0. The second-order valence-corrected chi connectivity index (χ2v) is 6.20. The van der Waals surface area contributed by atoms with Crippen molar-refractivity contribution in [3.8, 4) is 5.88 Å². The molecule has 0 unspecified atom stereocenters. The van der Waals surface area contributed by atoms with Crippen LogP contribution in [0.4, 0.5) is 11.5 Å². The number of nitrogens with zero attached hydrogens (tertiary/aromatic N) is 3. The van der Waals surface area contributed by atoms with Gasteiger partial charge in [0.15, 0.2) is 5.82 Å². The molecule has 1 aliphatic carbocycles. The molecule has 2 aromatic heterocycles. The van der Waals surface area contributed by atoms with Crippen LogP contribution in [0, 0.1) is 12.8 Å². The second-order valence-electron chi connectivity index (χ2n) is 5.81. The van der Waals surface area contributed by atoms with Crippen molar-refractivity contribution in [2.75, 3.05) is 12.4 Å². The zero-order valence-corrected chi connectivity index (χ0v) is 14.1. The highest BCUT2D eigenvalue weighted by atomic mass is 35.5. The van der Waals surface area contributed by atoms with Crippen molar-refractivity contribution in [3.63, 3.8) is 0 Å². The van der Waals surface area contributed by atoms with E-state index < -0.39 is 0 Å². The molecule has 23 heavy (non-hydrogen) atoms. The Labute approximate surface area is 139 Å². The fraction of sp³-hybridized carbons (Fsp3) is 0.438. The molecular weight excluding hydrogens is 316 g/mol. The number of aryl methyl sites for hydroxylation is 1. The van der Waals surface area contributed by atoms with Gasteiger partial charge in [0.2, 0.25) is 5.88 Å². The first-order valence-corrected chi connectivity index (χ1v) is 7.94. The predicted octanol–water partition coefficient (Wildman–Crippen LogP) is 3.32. The van der Waals surface area contributed by atoms with E-state index in [4.69, 9.17) is 16.3 Å². The lowest BCUT2D eigenvalue weighted by Crippen LogP contribution is -2.27. The fourth-order valence-corrected chi connectivity index (χ4v) is 2.77. The third-order valence-corrected chi connectivity index (χ3v) is 4.35. The molecule has 1 fully saturated rings. The van der Waals surface area contributed by atoms with E-state index in [2.05, 4.69) is 15.3 Å². The summed E-state index contributed by atoms with van der Waals surface area (Å²) in [6, 6.07) is 3.65. The first-order valence-electron chi connectivity index (χ1n) is 7.57. The van der Waals surface area contributed by atoms with Crippen molar-refractivity contribution in [2.24, 2.45) is 5.92 Å². The molecule has 3 rings (SSSR count). The molecule has 1 saturated carbocycles. The van der Waals surface area contributed by atoms with Crippen LogP contribution in [-0.2, 0) is 0 Å². The number of halogens is 1. The average molecular weight is 335 g/mol. The van der Waals surface area contributed by atoms with Gasteiger partial charge in [-0.25, -0.2) is 9.97 Å². The molecule has 1 N–H and O–H groups in total. The summed E-state index contributed by atoms with van der Waals surface area (Å²) in [5.41, 5.74) is 1.24. The molecule has 2 aromatic rings. The minimum absolute atomic E-state index is 0.124. The third-order valence-electron chi connectivity index (χ3n) is 4.17. The number of methoxy groups -OCH3 is 1. The van der Waals surface area contributed by atoms with Gasteiger partial charge in [-0.05, 0) is 38.7 Å². The number of pyridine rings is 1. The summed E-state index contributed by atoms with van der Waals surface area (Å²) < 4.78 is 6.75. The van der Waals surface area contributed by atoms with Crippen molar-refractivity contribution in [2.45, 2.75) is 32.7 Å². The summed E-state index contributed by atoms with van der Waals surface area (Å²) in [7, 11) is 1.56. The van der Waals surface area contributed by atoms with Crippen LogP contribution in [-0.4, -0.2) is 21.6 Å². The summed E-state index contributed by atoms with van der Waals surface area (Å²) in [5.74, 6) is 1.27. The molecule has 6 nitrogen and oxygen atoms in total. The first kappa shape index (κ1) is 15.8. The van der Waals surface area contributed by atoms with E-state index in [-0.39, 0.29) is 17.4 Å². The maximum absolute atomic E-state index is 12.7.